The van der Waals surface area contributed by atoms with Crippen LogP contribution in [0.3, 0.4) is 0 Å². The summed E-state index contributed by atoms with van der Waals surface area (Å²) in [6, 6.07) is 13.7. The normalized spacial score (nSPS) is 11.4. The second-order valence-electron chi connectivity index (χ2n) is 7.02. The molecule has 0 atom stereocenters. The highest BCUT2D eigenvalue weighted by Crippen LogP contribution is 2.28. The third kappa shape index (κ3) is 4.95. The topological polar surface area (TPSA) is 68.0 Å². The van der Waals surface area contributed by atoms with E-state index >= 15 is 0 Å². The van der Waals surface area contributed by atoms with E-state index in [-0.39, 0.29) is 10.9 Å². The van der Waals surface area contributed by atoms with E-state index in [0.717, 1.165) is 5.56 Å². The van der Waals surface area contributed by atoms with E-state index in [0.29, 0.717) is 36.6 Å². The zero-order chi connectivity index (χ0) is 20.1. The number of rotatable bonds is 7. The minimum Gasteiger partial charge on any atom is -0.421 e. The van der Waals surface area contributed by atoms with Gasteiger partial charge in [0, 0.05) is 23.4 Å². The van der Waals surface area contributed by atoms with Gasteiger partial charge in [0.2, 0.25) is 17.7 Å². The van der Waals surface area contributed by atoms with Gasteiger partial charge in [-0.05, 0) is 50.1 Å². The molecule has 0 fully saturated rings. The third-order valence-corrected chi connectivity index (χ3v) is 4.65. The Bertz CT molecular complexity index is 957. The van der Waals surface area contributed by atoms with E-state index < -0.39 is 11.4 Å². The monoisotopic (exact) mass is 401 g/mol. The lowest BCUT2D eigenvalue weighted by Crippen LogP contribution is -2.41. The van der Waals surface area contributed by atoms with Gasteiger partial charge in [0.15, 0.2) is 0 Å². The average Bonchev–Trinajstić information content (AvgIpc) is 3.10. The molecule has 0 unspecified atom stereocenters. The average molecular weight is 402 g/mol. The number of aromatic nitrogens is 2. The minimum absolute atomic E-state index is 0.131. The summed E-state index contributed by atoms with van der Waals surface area (Å²) >= 11 is 6.12. The van der Waals surface area contributed by atoms with Gasteiger partial charge in [0.25, 0.3) is 0 Å². The first-order valence-corrected chi connectivity index (χ1v) is 9.37. The fourth-order valence-electron chi connectivity index (χ4n) is 2.93. The second-order valence-corrected chi connectivity index (χ2v) is 7.43. The number of hydrogen-bond acceptors (Lipinski definition) is 4. The molecule has 0 saturated heterocycles. The first-order chi connectivity index (χ1) is 13.3. The highest BCUT2D eigenvalue weighted by Gasteiger charge is 2.25. The van der Waals surface area contributed by atoms with Crippen molar-refractivity contribution >= 4 is 17.5 Å². The van der Waals surface area contributed by atoms with Crippen molar-refractivity contribution in [3.63, 3.8) is 0 Å². The smallest absolute Gasteiger partial charge is 0.247 e. The van der Waals surface area contributed by atoms with Gasteiger partial charge in [-0.2, -0.15) is 0 Å². The number of benzene rings is 2. The Kier molecular flexibility index (Phi) is 6.09. The van der Waals surface area contributed by atoms with Crippen LogP contribution in [0.4, 0.5) is 4.39 Å². The van der Waals surface area contributed by atoms with Crippen LogP contribution < -0.4 is 5.32 Å². The molecule has 1 amide bonds. The van der Waals surface area contributed by atoms with E-state index in [4.69, 9.17) is 16.0 Å². The first kappa shape index (κ1) is 20.0. The van der Waals surface area contributed by atoms with E-state index in [1.807, 2.05) is 44.2 Å². The van der Waals surface area contributed by atoms with Crippen molar-refractivity contribution in [2.24, 2.45) is 0 Å². The highest BCUT2D eigenvalue weighted by molar-refractivity contribution is 6.31. The number of nitrogens with one attached hydrogen (secondary N) is 1. The van der Waals surface area contributed by atoms with Gasteiger partial charge in [-0.1, -0.05) is 35.9 Å². The molecule has 5 nitrogen and oxygen atoms in total. The molecule has 0 saturated carbocycles. The number of halogens is 2. The van der Waals surface area contributed by atoms with Crippen LogP contribution in [0.25, 0.3) is 11.5 Å². The number of carbonyl (C=O) groups is 1. The zero-order valence-corrected chi connectivity index (χ0v) is 16.5. The van der Waals surface area contributed by atoms with E-state index in [2.05, 4.69) is 15.5 Å². The van der Waals surface area contributed by atoms with Crippen molar-refractivity contribution in [3.05, 3.63) is 70.8 Å². The lowest BCUT2D eigenvalue weighted by Gasteiger charge is -2.28. The van der Waals surface area contributed by atoms with Gasteiger partial charge >= 0.3 is 0 Å². The van der Waals surface area contributed by atoms with Crippen molar-refractivity contribution in [1.29, 1.82) is 0 Å². The Hall–Kier alpha value is -2.73. The molecule has 1 heterocycles. The molecule has 0 aliphatic rings. The Morgan fingerprint density at radius 3 is 2.64 bits per heavy atom. The lowest BCUT2D eigenvalue weighted by molar-refractivity contribution is -0.122. The van der Waals surface area contributed by atoms with Gasteiger partial charge < -0.3 is 9.73 Å². The van der Waals surface area contributed by atoms with Gasteiger partial charge in [-0.15, -0.1) is 10.2 Å². The van der Waals surface area contributed by atoms with Gasteiger partial charge in [-0.25, -0.2) is 4.39 Å². The van der Waals surface area contributed by atoms with Crippen LogP contribution in [0.2, 0.25) is 5.02 Å². The van der Waals surface area contributed by atoms with E-state index in [9.17, 15) is 9.18 Å². The number of carbonyl (C=O) groups excluding carboxylic acids is 1. The van der Waals surface area contributed by atoms with E-state index in [1.54, 1.807) is 6.07 Å². The molecule has 3 rings (SSSR count). The molecule has 7 heteroatoms. The summed E-state index contributed by atoms with van der Waals surface area (Å²) in [4.78, 5) is 12.3. The van der Waals surface area contributed by atoms with Crippen LogP contribution in [-0.4, -0.2) is 16.1 Å². The Labute approximate surface area is 167 Å². The second kappa shape index (κ2) is 8.52. The largest absolute Gasteiger partial charge is 0.421 e. The molecule has 2 aromatic carbocycles. The van der Waals surface area contributed by atoms with Gasteiger partial charge in [0.1, 0.15) is 5.82 Å². The Morgan fingerprint density at radius 2 is 1.93 bits per heavy atom. The molecular weight excluding hydrogens is 381 g/mol. The van der Waals surface area contributed by atoms with Crippen LogP contribution in [0, 0.1) is 5.82 Å². The quantitative estimate of drug-likeness (QED) is 0.611. The maximum atomic E-state index is 13.2. The molecule has 0 aliphatic heterocycles. The van der Waals surface area contributed by atoms with Crippen LogP contribution in [0.1, 0.15) is 38.1 Å². The molecule has 1 aromatic heterocycles. The first-order valence-electron chi connectivity index (χ1n) is 8.99. The fraction of sp³-hybridized carbons (Fsp3) is 0.286. The molecule has 146 valence electrons. The fourth-order valence-corrected chi connectivity index (χ4v) is 3.33. The van der Waals surface area contributed by atoms with Crippen LogP contribution in [0.5, 0.6) is 0 Å². The molecular formula is C21H21ClFN3O2. The predicted octanol–water partition coefficient (Wildman–Crippen LogP) is 4.90. The van der Waals surface area contributed by atoms with Crippen molar-refractivity contribution < 1.29 is 13.6 Å². The molecule has 28 heavy (non-hydrogen) atoms. The Morgan fingerprint density at radius 1 is 1.18 bits per heavy atom. The summed E-state index contributed by atoms with van der Waals surface area (Å²) in [5.41, 5.74) is 0.803. The minimum atomic E-state index is -0.715. The van der Waals surface area contributed by atoms with E-state index in [1.165, 1.54) is 12.1 Å². The van der Waals surface area contributed by atoms with Crippen LogP contribution >= 0.6 is 11.6 Å². The Balaban J connectivity index is 1.52. The molecule has 0 spiro atoms. The molecule has 0 aliphatic carbocycles. The van der Waals surface area contributed by atoms with Gasteiger partial charge in [-0.3, -0.25) is 4.79 Å². The standard InChI is InChI=1S/C21H21ClFN3O2/c1-21(2,16-12-11-15(23)13-17(16)22)24-18(27)9-6-10-19-25-26-20(28-19)14-7-4-3-5-8-14/h3-5,7-8,11-13H,6,9-10H2,1-2H3,(H,24,27). The molecule has 1 N–H and O–H groups in total. The highest BCUT2D eigenvalue weighted by atomic mass is 35.5. The number of hydrogen-bond donors (Lipinski definition) is 1. The number of aryl methyl sites for hydroxylation is 1. The summed E-state index contributed by atoms with van der Waals surface area (Å²) < 4.78 is 18.9. The zero-order valence-electron chi connectivity index (χ0n) is 15.7. The van der Waals surface area contributed by atoms with Crippen molar-refractivity contribution in [2.45, 2.75) is 38.6 Å². The maximum absolute atomic E-state index is 13.2. The maximum Gasteiger partial charge on any atom is 0.247 e. The van der Waals surface area contributed by atoms with Gasteiger partial charge in [0.05, 0.1) is 5.54 Å². The number of nitrogens with zero attached hydrogens (tertiary/aromatic N) is 2. The van der Waals surface area contributed by atoms with Crippen LogP contribution in [-0.2, 0) is 16.8 Å². The molecule has 3 aromatic rings. The van der Waals surface area contributed by atoms with Crippen molar-refractivity contribution in [1.82, 2.24) is 15.5 Å². The van der Waals surface area contributed by atoms with Crippen molar-refractivity contribution in [3.8, 4) is 11.5 Å². The summed E-state index contributed by atoms with van der Waals surface area (Å²) in [5.74, 6) is 0.415. The lowest BCUT2D eigenvalue weighted by atomic mass is 9.93. The third-order valence-electron chi connectivity index (χ3n) is 4.34. The van der Waals surface area contributed by atoms with Crippen molar-refractivity contribution in [2.75, 3.05) is 0 Å². The summed E-state index contributed by atoms with van der Waals surface area (Å²) in [7, 11) is 0. The SMILES string of the molecule is CC(C)(NC(=O)CCCc1nnc(-c2ccccc2)o1)c1ccc(F)cc1Cl. The molecule has 0 bridgehead atoms. The summed E-state index contributed by atoms with van der Waals surface area (Å²) in [6.07, 6.45) is 1.37. The molecule has 0 radical (unpaired) electrons. The number of amides is 1. The predicted molar refractivity (Wildman–Crippen MR) is 105 cm³/mol. The summed E-state index contributed by atoms with van der Waals surface area (Å²) in [5, 5.41) is 11.3. The summed E-state index contributed by atoms with van der Waals surface area (Å²) in [6.45, 7) is 3.66. The van der Waals surface area contributed by atoms with Crippen LogP contribution in [0.15, 0.2) is 52.9 Å².